The quantitative estimate of drug-likeness (QED) is 0.237. The van der Waals surface area contributed by atoms with Crippen LogP contribution < -0.4 is 4.90 Å². The van der Waals surface area contributed by atoms with Crippen molar-refractivity contribution in [3.63, 3.8) is 0 Å². The van der Waals surface area contributed by atoms with Crippen molar-refractivity contribution in [2.45, 2.75) is 93.3 Å². The van der Waals surface area contributed by atoms with Crippen molar-refractivity contribution < 1.29 is 0 Å². The first-order valence-corrected chi connectivity index (χ1v) is 16.4. The van der Waals surface area contributed by atoms with Gasteiger partial charge in [0.15, 0.2) is 0 Å². The van der Waals surface area contributed by atoms with Gasteiger partial charge in [-0.2, -0.15) is 0 Å². The van der Waals surface area contributed by atoms with Gasteiger partial charge in [-0.25, -0.2) is 0 Å². The Labute approximate surface area is 245 Å². The second-order valence-electron chi connectivity index (χ2n) is 13.2. The standard InChI is InChI=1S/C38H43NS/c1-6-37(7-2)18-20-38(21-19-37)32-11-9-8-10-29(32)36-31-24-35(40-34-17-15-28(39(4)5)22-25(34)3)30(26-12-13-26)23-27(31)14-16-33(36)38/h8-11,14-17,22-24,26H,6-7,12-13,18-21H2,1-5H3. The number of fused-ring (bicyclic) bond motifs is 7. The summed E-state index contributed by atoms with van der Waals surface area (Å²) in [5, 5.41) is 2.88. The molecule has 0 bridgehead atoms. The smallest absolute Gasteiger partial charge is 0.0364 e. The number of aryl methyl sites for hydroxylation is 1. The average Bonchev–Trinajstić information content (AvgIpc) is 3.79. The van der Waals surface area contributed by atoms with E-state index in [0.29, 0.717) is 5.41 Å². The Morgan fingerprint density at radius 3 is 2.23 bits per heavy atom. The van der Waals surface area contributed by atoms with E-state index < -0.39 is 0 Å². The summed E-state index contributed by atoms with van der Waals surface area (Å²) in [5.41, 5.74) is 11.1. The van der Waals surface area contributed by atoms with Crippen LogP contribution in [0.15, 0.2) is 76.5 Å². The lowest BCUT2D eigenvalue weighted by atomic mass is 9.58. The van der Waals surface area contributed by atoms with Crippen molar-refractivity contribution in [1.29, 1.82) is 0 Å². The zero-order valence-electron chi connectivity index (χ0n) is 24.9. The highest BCUT2D eigenvalue weighted by Gasteiger charge is 2.48. The maximum atomic E-state index is 2.58. The zero-order valence-corrected chi connectivity index (χ0v) is 25.8. The van der Waals surface area contributed by atoms with Gasteiger partial charge in [-0.3, -0.25) is 0 Å². The number of hydrogen-bond acceptors (Lipinski definition) is 2. The third kappa shape index (κ3) is 4.04. The number of rotatable bonds is 6. The number of benzene rings is 4. The van der Waals surface area contributed by atoms with Crippen LogP contribution in [0.4, 0.5) is 5.69 Å². The van der Waals surface area contributed by atoms with Gasteiger partial charge in [0.05, 0.1) is 0 Å². The first-order chi connectivity index (χ1) is 19.4. The van der Waals surface area contributed by atoms with E-state index >= 15 is 0 Å². The summed E-state index contributed by atoms with van der Waals surface area (Å²) in [7, 11) is 4.25. The molecule has 0 heterocycles. The monoisotopic (exact) mass is 545 g/mol. The van der Waals surface area contributed by atoms with Gasteiger partial charge in [0.2, 0.25) is 0 Å². The molecule has 0 unspecified atom stereocenters. The molecule has 0 radical (unpaired) electrons. The van der Waals surface area contributed by atoms with Crippen LogP contribution in [0.25, 0.3) is 21.9 Å². The maximum absolute atomic E-state index is 2.58. The molecule has 0 saturated heterocycles. The molecular weight excluding hydrogens is 502 g/mol. The van der Waals surface area contributed by atoms with Crippen molar-refractivity contribution in [2.75, 3.05) is 19.0 Å². The van der Waals surface area contributed by atoms with Crippen LogP contribution in [-0.2, 0) is 5.41 Å². The highest BCUT2D eigenvalue weighted by atomic mass is 32.2. The van der Waals surface area contributed by atoms with Gasteiger partial charge in [-0.15, -0.1) is 0 Å². The minimum absolute atomic E-state index is 0.176. The Balaban J connectivity index is 1.38. The summed E-state index contributed by atoms with van der Waals surface area (Å²) in [6.07, 6.45) is 10.5. The molecule has 4 aromatic rings. The van der Waals surface area contributed by atoms with Gasteiger partial charge in [0.25, 0.3) is 0 Å². The van der Waals surface area contributed by atoms with Crippen molar-refractivity contribution >= 4 is 28.2 Å². The molecule has 2 heteroatoms. The van der Waals surface area contributed by atoms with Crippen LogP contribution in [0.5, 0.6) is 0 Å². The van der Waals surface area contributed by atoms with E-state index in [2.05, 4.69) is 106 Å². The SMILES string of the molecule is CCC1(CC)CCC2(CC1)c1ccccc1-c1c2ccc2cc(C3CC3)c(Sc3ccc(N(C)C)cc3C)cc12. The van der Waals surface area contributed by atoms with Crippen molar-refractivity contribution in [2.24, 2.45) is 5.41 Å². The first-order valence-electron chi connectivity index (χ1n) is 15.5. The fraction of sp³-hybridized carbons (Fsp3) is 0.421. The second kappa shape index (κ2) is 9.69. The molecule has 2 fully saturated rings. The fourth-order valence-corrected chi connectivity index (χ4v) is 9.09. The fourth-order valence-electron chi connectivity index (χ4n) is 7.97. The minimum atomic E-state index is 0.176. The lowest BCUT2D eigenvalue weighted by Crippen LogP contribution is -2.36. The Morgan fingerprint density at radius 2 is 1.55 bits per heavy atom. The minimum Gasteiger partial charge on any atom is -0.378 e. The largest absolute Gasteiger partial charge is 0.378 e. The summed E-state index contributed by atoms with van der Waals surface area (Å²) in [6.45, 7) is 7.09. The van der Waals surface area contributed by atoms with Gasteiger partial charge in [-0.05, 0) is 131 Å². The summed E-state index contributed by atoms with van der Waals surface area (Å²) in [4.78, 5) is 5.03. The van der Waals surface area contributed by atoms with Crippen LogP contribution >= 0.6 is 11.8 Å². The Bertz CT molecular complexity index is 1590. The summed E-state index contributed by atoms with van der Waals surface area (Å²) >= 11 is 1.99. The second-order valence-corrected chi connectivity index (χ2v) is 14.2. The van der Waals surface area contributed by atoms with Gasteiger partial charge < -0.3 is 4.90 Å². The predicted molar refractivity (Wildman–Crippen MR) is 173 cm³/mol. The molecule has 3 aliphatic carbocycles. The van der Waals surface area contributed by atoms with E-state index in [1.165, 1.54) is 94.3 Å². The van der Waals surface area contributed by atoms with Gasteiger partial charge in [0.1, 0.15) is 0 Å². The average molecular weight is 546 g/mol. The number of anilines is 1. The molecule has 0 aromatic heterocycles. The van der Waals surface area contributed by atoms with Gasteiger partial charge >= 0.3 is 0 Å². The summed E-state index contributed by atoms with van der Waals surface area (Å²) in [5.74, 6) is 0.717. The summed E-state index contributed by atoms with van der Waals surface area (Å²) < 4.78 is 0. The van der Waals surface area contributed by atoms with E-state index in [9.17, 15) is 0 Å². The first kappa shape index (κ1) is 26.2. The Morgan fingerprint density at radius 1 is 0.800 bits per heavy atom. The molecule has 0 N–H and O–H groups in total. The highest BCUT2D eigenvalue weighted by Crippen LogP contribution is 2.61. The van der Waals surface area contributed by atoms with E-state index in [1.54, 1.807) is 16.7 Å². The van der Waals surface area contributed by atoms with Crippen LogP contribution in [-0.4, -0.2) is 14.1 Å². The molecule has 206 valence electrons. The van der Waals surface area contributed by atoms with E-state index in [1.807, 2.05) is 11.8 Å². The molecule has 0 amide bonds. The normalized spacial score (nSPS) is 18.6. The van der Waals surface area contributed by atoms with Crippen molar-refractivity contribution in [3.8, 4) is 11.1 Å². The lowest BCUT2D eigenvalue weighted by Gasteiger charge is -2.45. The maximum Gasteiger partial charge on any atom is 0.0364 e. The number of nitrogens with zero attached hydrogens (tertiary/aromatic N) is 1. The molecule has 40 heavy (non-hydrogen) atoms. The van der Waals surface area contributed by atoms with Crippen molar-refractivity contribution in [1.82, 2.24) is 0 Å². The van der Waals surface area contributed by atoms with E-state index in [-0.39, 0.29) is 5.41 Å². The zero-order chi connectivity index (χ0) is 27.6. The summed E-state index contributed by atoms with van der Waals surface area (Å²) in [6, 6.07) is 26.4. The predicted octanol–water partition coefficient (Wildman–Crippen LogP) is 10.9. The van der Waals surface area contributed by atoms with Crippen LogP contribution in [0.3, 0.4) is 0 Å². The Kier molecular flexibility index (Phi) is 6.35. The van der Waals surface area contributed by atoms with E-state index in [0.717, 1.165) is 5.92 Å². The molecule has 3 aliphatic rings. The molecule has 0 atom stereocenters. The molecule has 1 nitrogen and oxygen atoms in total. The van der Waals surface area contributed by atoms with Gasteiger partial charge in [-0.1, -0.05) is 74.8 Å². The molecule has 1 spiro atoms. The van der Waals surface area contributed by atoms with Crippen molar-refractivity contribution in [3.05, 3.63) is 89.0 Å². The van der Waals surface area contributed by atoms with E-state index in [4.69, 9.17) is 0 Å². The van der Waals surface area contributed by atoms with Crippen LogP contribution in [0.2, 0.25) is 0 Å². The molecule has 2 saturated carbocycles. The molecule has 4 aromatic carbocycles. The Hall–Kier alpha value is -2.71. The third-order valence-electron chi connectivity index (χ3n) is 11.0. The van der Waals surface area contributed by atoms with Gasteiger partial charge in [0, 0.05) is 35.0 Å². The molecule has 7 rings (SSSR count). The highest BCUT2D eigenvalue weighted by molar-refractivity contribution is 7.99. The molecule has 0 aliphatic heterocycles. The topological polar surface area (TPSA) is 3.24 Å². The lowest BCUT2D eigenvalue weighted by molar-refractivity contribution is 0.133. The van der Waals surface area contributed by atoms with Crippen LogP contribution in [0, 0.1) is 12.3 Å². The van der Waals surface area contributed by atoms with Crippen LogP contribution in [0.1, 0.15) is 93.4 Å². The third-order valence-corrected chi connectivity index (χ3v) is 12.2. The number of hydrogen-bond donors (Lipinski definition) is 0. The molecular formula is C38H43NS.